The third-order valence-electron chi connectivity index (χ3n) is 3.17. The second-order valence-corrected chi connectivity index (χ2v) is 5.55. The molecule has 1 aromatic carbocycles. The van der Waals surface area contributed by atoms with E-state index in [1.165, 1.54) is 5.39 Å². The lowest BCUT2D eigenvalue weighted by atomic mass is 10.2. The van der Waals surface area contributed by atoms with Crippen LogP contribution in [0.15, 0.2) is 24.3 Å². The molecule has 0 spiro atoms. The maximum absolute atomic E-state index is 4.30. The highest BCUT2D eigenvalue weighted by Gasteiger charge is 2.06. The van der Waals surface area contributed by atoms with Crippen LogP contribution in [-0.4, -0.2) is 29.3 Å². The first kappa shape index (κ1) is 14.0. The predicted octanol–water partition coefficient (Wildman–Crippen LogP) is 2.29. The third kappa shape index (κ3) is 4.04. The fraction of sp³-hybridized carbons (Fsp3) is 0.533. The first-order chi connectivity index (χ1) is 9.16. The second-order valence-electron chi connectivity index (χ2n) is 5.55. The van der Waals surface area contributed by atoms with Gasteiger partial charge in [0.25, 0.3) is 0 Å². The molecule has 2 rings (SSSR count). The van der Waals surface area contributed by atoms with Gasteiger partial charge in [0.2, 0.25) is 0 Å². The van der Waals surface area contributed by atoms with Crippen LogP contribution in [0.2, 0.25) is 0 Å². The number of nitrogens with one attached hydrogen (secondary N) is 3. The number of hydrogen-bond donors (Lipinski definition) is 3. The third-order valence-corrected chi connectivity index (χ3v) is 3.17. The van der Waals surface area contributed by atoms with Gasteiger partial charge in [-0.3, -0.25) is 5.10 Å². The van der Waals surface area contributed by atoms with Crippen LogP contribution in [0.3, 0.4) is 0 Å². The van der Waals surface area contributed by atoms with Gasteiger partial charge in [-0.05, 0) is 25.5 Å². The molecule has 0 aliphatic carbocycles. The summed E-state index contributed by atoms with van der Waals surface area (Å²) in [5.74, 6) is 0.698. The zero-order chi connectivity index (χ0) is 13.7. The van der Waals surface area contributed by atoms with Gasteiger partial charge in [0, 0.05) is 24.5 Å². The molecule has 2 aromatic rings. The number of para-hydroxylation sites is 1. The Labute approximate surface area is 115 Å². The van der Waals surface area contributed by atoms with Gasteiger partial charge < -0.3 is 10.6 Å². The van der Waals surface area contributed by atoms with Crippen molar-refractivity contribution < 1.29 is 0 Å². The van der Waals surface area contributed by atoms with Gasteiger partial charge in [0.15, 0.2) is 0 Å². The molecule has 1 unspecified atom stereocenters. The van der Waals surface area contributed by atoms with Gasteiger partial charge in [-0.25, -0.2) is 0 Å². The van der Waals surface area contributed by atoms with Crippen molar-refractivity contribution in [1.82, 2.24) is 20.8 Å². The molecule has 0 fully saturated rings. The summed E-state index contributed by atoms with van der Waals surface area (Å²) in [6, 6.07) is 8.65. The quantitative estimate of drug-likeness (QED) is 0.716. The van der Waals surface area contributed by atoms with Gasteiger partial charge in [0.05, 0.1) is 11.2 Å². The van der Waals surface area contributed by atoms with E-state index in [4.69, 9.17) is 0 Å². The number of nitrogens with zero attached hydrogens (tertiary/aromatic N) is 1. The Morgan fingerprint density at radius 2 is 1.95 bits per heavy atom. The summed E-state index contributed by atoms with van der Waals surface area (Å²) in [4.78, 5) is 0. The maximum Gasteiger partial charge on any atom is 0.0924 e. The first-order valence-corrected chi connectivity index (χ1v) is 7.03. The van der Waals surface area contributed by atoms with Gasteiger partial charge >= 0.3 is 0 Å². The minimum absolute atomic E-state index is 0.445. The Hall–Kier alpha value is -1.39. The van der Waals surface area contributed by atoms with Crippen molar-refractivity contribution in [2.75, 3.05) is 13.1 Å². The summed E-state index contributed by atoms with van der Waals surface area (Å²) in [5.41, 5.74) is 2.19. The molecule has 0 amide bonds. The molecule has 0 bridgehead atoms. The summed E-state index contributed by atoms with van der Waals surface area (Å²) >= 11 is 0. The van der Waals surface area contributed by atoms with Gasteiger partial charge in [-0.15, -0.1) is 0 Å². The number of fused-ring (bicyclic) bond motifs is 1. The van der Waals surface area contributed by atoms with E-state index in [-0.39, 0.29) is 0 Å². The predicted molar refractivity (Wildman–Crippen MR) is 80.1 cm³/mol. The minimum Gasteiger partial charge on any atom is -0.315 e. The van der Waals surface area contributed by atoms with Crippen molar-refractivity contribution in [2.45, 2.75) is 33.4 Å². The van der Waals surface area contributed by atoms with Crippen LogP contribution >= 0.6 is 0 Å². The van der Waals surface area contributed by atoms with Crippen LogP contribution in [0.5, 0.6) is 0 Å². The summed E-state index contributed by atoms with van der Waals surface area (Å²) in [7, 11) is 0. The number of hydrogen-bond acceptors (Lipinski definition) is 3. The van der Waals surface area contributed by atoms with E-state index in [0.29, 0.717) is 12.0 Å². The summed E-state index contributed by atoms with van der Waals surface area (Å²) in [5, 5.41) is 15.6. The Kier molecular flexibility index (Phi) is 4.93. The molecule has 4 nitrogen and oxygen atoms in total. The fourth-order valence-corrected chi connectivity index (χ4v) is 2.09. The van der Waals surface area contributed by atoms with Crippen molar-refractivity contribution in [3.63, 3.8) is 0 Å². The monoisotopic (exact) mass is 260 g/mol. The van der Waals surface area contributed by atoms with E-state index in [0.717, 1.165) is 30.8 Å². The van der Waals surface area contributed by atoms with Gasteiger partial charge in [-0.1, -0.05) is 32.0 Å². The molecule has 0 aliphatic rings. The van der Waals surface area contributed by atoms with Crippen LogP contribution in [0.1, 0.15) is 26.5 Å². The molecule has 0 radical (unpaired) electrons. The number of aromatic amines is 1. The molecular formula is C15H24N4. The SMILES string of the molecule is CC(C)CNCC(C)NCc1[nH]nc2ccccc12. The van der Waals surface area contributed by atoms with Crippen LogP contribution in [0.4, 0.5) is 0 Å². The van der Waals surface area contributed by atoms with Crippen LogP contribution < -0.4 is 10.6 Å². The zero-order valence-electron chi connectivity index (χ0n) is 12.0. The summed E-state index contributed by atoms with van der Waals surface area (Å²) in [6.07, 6.45) is 0. The highest BCUT2D eigenvalue weighted by molar-refractivity contribution is 5.81. The average molecular weight is 260 g/mol. The molecule has 19 heavy (non-hydrogen) atoms. The van der Waals surface area contributed by atoms with Crippen molar-refractivity contribution in [2.24, 2.45) is 5.92 Å². The number of aromatic nitrogens is 2. The van der Waals surface area contributed by atoms with E-state index in [2.05, 4.69) is 53.7 Å². The zero-order valence-corrected chi connectivity index (χ0v) is 12.0. The minimum atomic E-state index is 0.445. The standard InChI is InChI=1S/C15H24N4/c1-11(2)8-16-9-12(3)17-10-15-13-6-4-5-7-14(13)18-19-15/h4-7,11-12,16-17H,8-10H2,1-3H3,(H,18,19). The lowest BCUT2D eigenvalue weighted by Crippen LogP contribution is -2.37. The highest BCUT2D eigenvalue weighted by atomic mass is 15.1. The number of rotatable bonds is 7. The largest absolute Gasteiger partial charge is 0.315 e. The molecule has 1 heterocycles. The topological polar surface area (TPSA) is 52.7 Å². The maximum atomic E-state index is 4.30. The van der Waals surface area contributed by atoms with Crippen LogP contribution in [0, 0.1) is 5.92 Å². The van der Waals surface area contributed by atoms with E-state index in [9.17, 15) is 0 Å². The van der Waals surface area contributed by atoms with Crippen molar-refractivity contribution >= 4 is 10.9 Å². The lowest BCUT2D eigenvalue weighted by Gasteiger charge is -2.15. The van der Waals surface area contributed by atoms with Crippen molar-refractivity contribution in [3.05, 3.63) is 30.0 Å². The number of benzene rings is 1. The molecule has 0 aliphatic heterocycles. The summed E-state index contributed by atoms with van der Waals surface area (Å²) in [6.45, 7) is 9.53. The number of H-pyrrole nitrogens is 1. The smallest absolute Gasteiger partial charge is 0.0924 e. The van der Waals surface area contributed by atoms with E-state index < -0.39 is 0 Å². The Bertz CT molecular complexity index is 504. The first-order valence-electron chi connectivity index (χ1n) is 7.03. The average Bonchev–Trinajstić information content (AvgIpc) is 2.79. The van der Waals surface area contributed by atoms with E-state index in [1.54, 1.807) is 0 Å². The molecule has 0 saturated carbocycles. The lowest BCUT2D eigenvalue weighted by molar-refractivity contribution is 0.470. The van der Waals surface area contributed by atoms with E-state index in [1.807, 2.05) is 12.1 Å². The molecular weight excluding hydrogens is 236 g/mol. The van der Waals surface area contributed by atoms with Crippen LogP contribution in [0.25, 0.3) is 10.9 Å². The normalized spacial score (nSPS) is 13.3. The van der Waals surface area contributed by atoms with Crippen molar-refractivity contribution in [1.29, 1.82) is 0 Å². The Morgan fingerprint density at radius 1 is 1.16 bits per heavy atom. The second kappa shape index (κ2) is 6.68. The Balaban J connectivity index is 1.81. The van der Waals surface area contributed by atoms with Crippen LogP contribution in [-0.2, 0) is 6.54 Å². The molecule has 4 heteroatoms. The van der Waals surface area contributed by atoms with Crippen molar-refractivity contribution in [3.8, 4) is 0 Å². The molecule has 1 aromatic heterocycles. The van der Waals surface area contributed by atoms with Gasteiger partial charge in [-0.2, -0.15) is 5.10 Å². The highest BCUT2D eigenvalue weighted by Crippen LogP contribution is 2.14. The summed E-state index contributed by atoms with van der Waals surface area (Å²) < 4.78 is 0. The van der Waals surface area contributed by atoms with Gasteiger partial charge in [0.1, 0.15) is 0 Å². The van der Waals surface area contributed by atoms with E-state index >= 15 is 0 Å². The molecule has 0 saturated heterocycles. The Morgan fingerprint density at radius 3 is 2.74 bits per heavy atom. The molecule has 3 N–H and O–H groups in total. The molecule has 1 atom stereocenters. The molecule has 104 valence electrons. The fourth-order valence-electron chi connectivity index (χ4n) is 2.09.